The standard InChI is InChI=1S/C23H21BrClNO4/c1-28-20-8-6-15(12-22(20)29-2)10-11-26-23(27)5-3-4-18(25)21-14-16-13-17(24)7-9-19(16)30-21/h3-9,12-14H,10-11H2,1-2H3,(H,26,27). The molecule has 0 radical (unpaired) electrons. The number of furan rings is 1. The predicted octanol–water partition coefficient (Wildman–Crippen LogP) is 5.71. The Balaban J connectivity index is 1.52. The second-order valence-electron chi connectivity index (χ2n) is 6.40. The molecule has 7 heteroatoms. The van der Waals surface area contributed by atoms with Gasteiger partial charge in [0.1, 0.15) is 11.3 Å². The lowest BCUT2D eigenvalue weighted by atomic mass is 10.1. The molecule has 0 unspecified atom stereocenters. The second kappa shape index (κ2) is 10.4. The van der Waals surface area contributed by atoms with E-state index in [0.717, 1.165) is 21.0 Å². The molecule has 0 atom stereocenters. The number of benzene rings is 2. The van der Waals surface area contributed by atoms with E-state index < -0.39 is 0 Å². The van der Waals surface area contributed by atoms with E-state index in [1.54, 1.807) is 26.4 Å². The van der Waals surface area contributed by atoms with Crippen molar-refractivity contribution in [1.29, 1.82) is 0 Å². The van der Waals surface area contributed by atoms with Gasteiger partial charge in [-0.3, -0.25) is 4.79 Å². The molecule has 0 bridgehead atoms. The first-order valence-electron chi connectivity index (χ1n) is 9.22. The van der Waals surface area contributed by atoms with E-state index in [-0.39, 0.29) is 5.91 Å². The quantitative estimate of drug-likeness (QED) is 0.325. The molecule has 1 amide bonds. The van der Waals surface area contributed by atoms with Gasteiger partial charge in [-0.15, -0.1) is 0 Å². The maximum Gasteiger partial charge on any atom is 0.243 e. The maximum atomic E-state index is 12.0. The number of ether oxygens (including phenoxy) is 2. The van der Waals surface area contributed by atoms with Gasteiger partial charge in [0.2, 0.25) is 5.91 Å². The van der Waals surface area contributed by atoms with Crippen molar-refractivity contribution in [2.24, 2.45) is 0 Å². The van der Waals surface area contributed by atoms with E-state index in [0.29, 0.717) is 35.3 Å². The Hall–Kier alpha value is -2.70. The molecule has 3 rings (SSSR count). The molecule has 3 aromatic rings. The Labute approximate surface area is 188 Å². The van der Waals surface area contributed by atoms with E-state index in [2.05, 4.69) is 21.2 Å². The number of carbonyl (C=O) groups excluding carboxylic acids is 1. The molecule has 0 aliphatic carbocycles. The summed E-state index contributed by atoms with van der Waals surface area (Å²) in [6.07, 6.45) is 5.32. The minimum atomic E-state index is -0.204. The van der Waals surface area contributed by atoms with Crippen molar-refractivity contribution in [3.05, 3.63) is 76.5 Å². The van der Waals surface area contributed by atoms with Crippen LogP contribution in [0.3, 0.4) is 0 Å². The summed E-state index contributed by atoms with van der Waals surface area (Å²) in [7, 11) is 3.19. The SMILES string of the molecule is COc1ccc(CCNC(=O)C=CC=C(Cl)c2cc3cc(Br)ccc3o2)cc1OC. The normalized spacial score (nSPS) is 11.8. The van der Waals surface area contributed by atoms with Crippen molar-refractivity contribution in [1.82, 2.24) is 5.32 Å². The third-order valence-electron chi connectivity index (χ3n) is 4.36. The first-order chi connectivity index (χ1) is 14.5. The highest BCUT2D eigenvalue weighted by atomic mass is 79.9. The largest absolute Gasteiger partial charge is 0.493 e. The smallest absolute Gasteiger partial charge is 0.243 e. The maximum absolute atomic E-state index is 12.0. The zero-order valence-electron chi connectivity index (χ0n) is 16.6. The molecule has 1 N–H and O–H groups in total. The molecule has 0 fully saturated rings. The van der Waals surface area contributed by atoms with Crippen LogP contribution in [0.2, 0.25) is 0 Å². The highest BCUT2D eigenvalue weighted by molar-refractivity contribution is 9.10. The fraction of sp³-hybridized carbons (Fsp3) is 0.174. The fourth-order valence-electron chi connectivity index (χ4n) is 2.86. The Bertz CT molecular complexity index is 1100. The van der Waals surface area contributed by atoms with E-state index in [1.165, 1.54) is 6.08 Å². The Kier molecular flexibility index (Phi) is 7.60. The van der Waals surface area contributed by atoms with Gasteiger partial charge in [0.05, 0.1) is 19.3 Å². The van der Waals surface area contributed by atoms with E-state index in [1.807, 2.05) is 42.5 Å². The monoisotopic (exact) mass is 489 g/mol. The minimum absolute atomic E-state index is 0.204. The molecule has 156 valence electrons. The summed E-state index contributed by atoms with van der Waals surface area (Å²) in [5.41, 5.74) is 1.79. The van der Waals surface area contributed by atoms with Gasteiger partial charge >= 0.3 is 0 Å². The zero-order valence-corrected chi connectivity index (χ0v) is 18.9. The number of amides is 1. The zero-order chi connectivity index (χ0) is 21.5. The van der Waals surface area contributed by atoms with E-state index in [9.17, 15) is 4.79 Å². The predicted molar refractivity (Wildman–Crippen MR) is 123 cm³/mol. The second-order valence-corrected chi connectivity index (χ2v) is 7.72. The van der Waals surface area contributed by atoms with Crippen molar-refractivity contribution in [2.75, 3.05) is 20.8 Å². The molecule has 0 aliphatic heterocycles. The van der Waals surface area contributed by atoms with Crippen molar-refractivity contribution < 1.29 is 18.7 Å². The summed E-state index contributed by atoms with van der Waals surface area (Å²) < 4.78 is 17.2. The lowest BCUT2D eigenvalue weighted by molar-refractivity contribution is -0.116. The Morgan fingerprint density at radius 3 is 2.70 bits per heavy atom. The first kappa shape index (κ1) is 22.0. The molecule has 0 aliphatic rings. The molecule has 1 aromatic heterocycles. The molecule has 1 heterocycles. The molecule has 30 heavy (non-hydrogen) atoms. The third-order valence-corrected chi connectivity index (χ3v) is 5.17. The number of rotatable bonds is 8. The van der Waals surface area contributed by atoms with E-state index >= 15 is 0 Å². The number of hydrogen-bond donors (Lipinski definition) is 1. The van der Waals surface area contributed by atoms with Gasteiger partial charge in [-0.05, 0) is 54.5 Å². The van der Waals surface area contributed by atoms with Crippen LogP contribution in [-0.2, 0) is 11.2 Å². The molecule has 2 aromatic carbocycles. The number of carbonyl (C=O) groups is 1. The summed E-state index contributed by atoms with van der Waals surface area (Å²) >= 11 is 9.72. The number of fused-ring (bicyclic) bond motifs is 1. The van der Waals surface area contributed by atoms with Crippen LogP contribution in [0.4, 0.5) is 0 Å². The fourth-order valence-corrected chi connectivity index (χ4v) is 3.40. The average Bonchev–Trinajstić information content (AvgIpc) is 3.16. The molecule has 0 saturated heterocycles. The molecule has 0 saturated carbocycles. The molecule has 5 nitrogen and oxygen atoms in total. The van der Waals surface area contributed by atoms with Gasteiger partial charge in [-0.25, -0.2) is 0 Å². The average molecular weight is 491 g/mol. The minimum Gasteiger partial charge on any atom is -0.493 e. The Morgan fingerprint density at radius 1 is 1.13 bits per heavy atom. The Morgan fingerprint density at radius 2 is 1.93 bits per heavy atom. The summed E-state index contributed by atoms with van der Waals surface area (Å²) in [4.78, 5) is 12.0. The van der Waals surface area contributed by atoms with Crippen LogP contribution in [0.25, 0.3) is 16.0 Å². The van der Waals surface area contributed by atoms with Crippen molar-refractivity contribution >= 4 is 49.4 Å². The summed E-state index contributed by atoms with van der Waals surface area (Å²) in [5, 5.41) is 4.20. The topological polar surface area (TPSA) is 60.7 Å². The molecule has 0 spiro atoms. The van der Waals surface area contributed by atoms with Crippen LogP contribution in [0, 0.1) is 0 Å². The molecular weight excluding hydrogens is 470 g/mol. The lowest BCUT2D eigenvalue weighted by Gasteiger charge is -2.09. The number of methoxy groups -OCH3 is 2. The summed E-state index contributed by atoms with van der Waals surface area (Å²) in [5.74, 6) is 1.68. The van der Waals surface area contributed by atoms with Crippen LogP contribution in [-0.4, -0.2) is 26.7 Å². The number of nitrogens with one attached hydrogen (secondary N) is 1. The van der Waals surface area contributed by atoms with Crippen LogP contribution >= 0.6 is 27.5 Å². The lowest BCUT2D eigenvalue weighted by Crippen LogP contribution is -2.23. The van der Waals surface area contributed by atoms with Crippen molar-refractivity contribution in [3.63, 3.8) is 0 Å². The number of hydrogen-bond acceptors (Lipinski definition) is 4. The number of allylic oxidation sites excluding steroid dienone is 2. The van der Waals surface area contributed by atoms with Crippen LogP contribution in [0.15, 0.2) is 69.6 Å². The van der Waals surface area contributed by atoms with Gasteiger partial charge < -0.3 is 19.2 Å². The van der Waals surface area contributed by atoms with Crippen LogP contribution in [0.1, 0.15) is 11.3 Å². The highest BCUT2D eigenvalue weighted by Gasteiger charge is 2.07. The third kappa shape index (κ3) is 5.68. The summed E-state index contributed by atoms with van der Waals surface area (Å²) in [6, 6.07) is 13.3. The molecular formula is C23H21BrClNO4. The highest BCUT2D eigenvalue weighted by Crippen LogP contribution is 2.29. The van der Waals surface area contributed by atoms with Crippen molar-refractivity contribution in [2.45, 2.75) is 6.42 Å². The van der Waals surface area contributed by atoms with Crippen LogP contribution < -0.4 is 14.8 Å². The van der Waals surface area contributed by atoms with Gasteiger partial charge in [0, 0.05) is 22.5 Å². The first-order valence-corrected chi connectivity index (χ1v) is 10.4. The van der Waals surface area contributed by atoms with E-state index in [4.69, 9.17) is 25.5 Å². The van der Waals surface area contributed by atoms with Crippen LogP contribution in [0.5, 0.6) is 11.5 Å². The number of halogens is 2. The van der Waals surface area contributed by atoms with Gasteiger partial charge in [-0.2, -0.15) is 0 Å². The van der Waals surface area contributed by atoms with Gasteiger partial charge in [0.15, 0.2) is 11.5 Å². The van der Waals surface area contributed by atoms with Crippen molar-refractivity contribution in [3.8, 4) is 11.5 Å². The van der Waals surface area contributed by atoms with Gasteiger partial charge in [0.25, 0.3) is 0 Å². The summed E-state index contributed by atoms with van der Waals surface area (Å²) in [6.45, 7) is 0.495. The van der Waals surface area contributed by atoms with Gasteiger partial charge in [-0.1, -0.05) is 39.7 Å².